The lowest BCUT2D eigenvalue weighted by Gasteiger charge is -2.29. The largest absolute Gasteiger partial charge is 0.507 e. The molecular formula is C26H29NO8. The van der Waals surface area contributed by atoms with E-state index in [4.69, 9.17) is 14.2 Å². The number of phenolic OH excluding ortho intramolecular Hbond substituents is 1. The Morgan fingerprint density at radius 1 is 1.06 bits per heavy atom. The van der Waals surface area contributed by atoms with Crippen molar-refractivity contribution in [1.82, 2.24) is 5.32 Å². The highest BCUT2D eigenvalue weighted by molar-refractivity contribution is 5.99. The average Bonchev–Trinajstić information content (AvgIpc) is 2.86. The fourth-order valence-electron chi connectivity index (χ4n) is 3.65. The molecule has 1 heterocycles. The second kappa shape index (κ2) is 11.5. The molecule has 186 valence electrons. The number of ether oxygens (including phenoxy) is 3. The van der Waals surface area contributed by atoms with Crippen LogP contribution in [0, 0.1) is 11.8 Å². The number of esters is 3. The topological polar surface area (TPSA) is 128 Å². The van der Waals surface area contributed by atoms with Gasteiger partial charge >= 0.3 is 17.9 Å². The third-order valence-electron chi connectivity index (χ3n) is 5.62. The molecule has 1 saturated heterocycles. The number of benzene rings is 2. The third kappa shape index (κ3) is 6.59. The van der Waals surface area contributed by atoms with Crippen LogP contribution in [0.2, 0.25) is 0 Å². The quantitative estimate of drug-likeness (QED) is 0.474. The van der Waals surface area contributed by atoms with Crippen LogP contribution in [-0.4, -0.2) is 53.8 Å². The Bertz CT molecular complexity index is 1070. The molecule has 4 atom stereocenters. The summed E-state index contributed by atoms with van der Waals surface area (Å²) in [6, 6.07) is 13.6. The van der Waals surface area contributed by atoms with Crippen molar-refractivity contribution in [1.29, 1.82) is 0 Å². The second-order valence-electron chi connectivity index (χ2n) is 8.67. The fourth-order valence-corrected chi connectivity index (χ4v) is 3.65. The predicted octanol–water partition coefficient (Wildman–Crippen LogP) is 2.41. The van der Waals surface area contributed by atoms with Crippen LogP contribution in [0.15, 0.2) is 54.6 Å². The van der Waals surface area contributed by atoms with E-state index >= 15 is 0 Å². The van der Waals surface area contributed by atoms with Crippen LogP contribution < -0.4 is 5.32 Å². The van der Waals surface area contributed by atoms with Gasteiger partial charge in [-0.15, -0.1) is 0 Å². The van der Waals surface area contributed by atoms with Gasteiger partial charge in [0.1, 0.15) is 24.4 Å². The molecule has 2 aromatic carbocycles. The predicted molar refractivity (Wildman–Crippen MR) is 124 cm³/mol. The van der Waals surface area contributed by atoms with E-state index in [0.717, 1.165) is 5.56 Å². The molecule has 1 aliphatic heterocycles. The number of phenols is 1. The van der Waals surface area contributed by atoms with E-state index < -0.39 is 60.5 Å². The molecule has 0 unspecified atom stereocenters. The molecular weight excluding hydrogens is 454 g/mol. The van der Waals surface area contributed by atoms with Crippen LogP contribution in [-0.2, 0) is 35.0 Å². The molecule has 9 heteroatoms. The van der Waals surface area contributed by atoms with Crippen LogP contribution in [0.3, 0.4) is 0 Å². The van der Waals surface area contributed by atoms with E-state index in [1.54, 1.807) is 26.0 Å². The number of carbonyl (C=O) groups excluding carboxylic acids is 4. The van der Waals surface area contributed by atoms with Crippen molar-refractivity contribution in [2.45, 2.75) is 45.4 Å². The van der Waals surface area contributed by atoms with Gasteiger partial charge in [-0.2, -0.15) is 0 Å². The Balaban J connectivity index is 1.87. The zero-order chi connectivity index (χ0) is 25.5. The van der Waals surface area contributed by atoms with Crippen molar-refractivity contribution >= 4 is 23.8 Å². The van der Waals surface area contributed by atoms with Crippen LogP contribution in [0.1, 0.15) is 36.7 Å². The van der Waals surface area contributed by atoms with Crippen molar-refractivity contribution in [3.8, 4) is 5.75 Å². The molecule has 1 amide bonds. The Labute approximate surface area is 203 Å². The molecule has 2 aromatic rings. The van der Waals surface area contributed by atoms with Gasteiger partial charge in [-0.25, -0.2) is 4.79 Å². The van der Waals surface area contributed by atoms with Gasteiger partial charge in [0, 0.05) is 0 Å². The Kier molecular flexibility index (Phi) is 8.46. The van der Waals surface area contributed by atoms with Crippen LogP contribution >= 0.6 is 0 Å². The summed E-state index contributed by atoms with van der Waals surface area (Å²) in [6.07, 6.45) is -1.92. The van der Waals surface area contributed by atoms with E-state index in [1.807, 2.05) is 30.3 Å². The fraction of sp³-hybridized carbons (Fsp3) is 0.385. The highest BCUT2D eigenvalue weighted by Gasteiger charge is 2.42. The molecule has 0 aliphatic carbocycles. The maximum Gasteiger partial charge on any atom is 0.332 e. The van der Waals surface area contributed by atoms with Gasteiger partial charge in [0.05, 0.1) is 11.5 Å². The lowest BCUT2D eigenvalue weighted by atomic mass is 9.91. The maximum absolute atomic E-state index is 13.2. The van der Waals surface area contributed by atoms with Crippen molar-refractivity contribution in [2.24, 2.45) is 11.8 Å². The zero-order valence-electron chi connectivity index (χ0n) is 19.8. The number of hydrogen-bond acceptors (Lipinski definition) is 8. The standard InChI is InChI=1S/C26H29NO8/c1-15(2)24(30)35-22-16(3)34-26(32)20(27-23(29)18-11-7-8-12-21(18)28)14-33-25(31)19(22)13-17-9-5-4-6-10-17/h4-12,15-16,19-20,22,28H,13-14H2,1-3H3,(H,27,29)/t16-,19+,20-,22-/m0/s1. The first-order chi connectivity index (χ1) is 16.7. The summed E-state index contributed by atoms with van der Waals surface area (Å²) in [4.78, 5) is 51.1. The summed E-state index contributed by atoms with van der Waals surface area (Å²) in [7, 11) is 0. The number of cyclic esters (lactones) is 2. The highest BCUT2D eigenvalue weighted by Crippen LogP contribution is 2.25. The van der Waals surface area contributed by atoms with Gasteiger partial charge in [-0.3, -0.25) is 14.4 Å². The average molecular weight is 484 g/mol. The summed E-state index contributed by atoms with van der Waals surface area (Å²) in [6.45, 7) is 4.35. The minimum atomic E-state index is -1.33. The number of para-hydroxylation sites is 1. The third-order valence-corrected chi connectivity index (χ3v) is 5.62. The highest BCUT2D eigenvalue weighted by atomic mass is 16.6. The first kappa shape index (κ1) is 25.7. The number of amides is 1. The van der Waals surface area contributed by atoms with Gasteiger partial charge in [0.25, 0.3) is 5.91 Å². The molecule has 0 bridgehead atoms. The van der Waals surface area contributed by atoms with Crippen molar-refractivity contribution in [3.63, 3.8) is 0 Å². The molecule has 2 N–H and O–H groups in total. The Morgan fingerprint density at radius 3 is 2.37 bits per heavy atom. The SMILES string of the molecule is CC(C)C(=O)O[C@H]1[C@H](C)OC(=O)[C@@H](NC(=O)c2ccccc2O)COC(=O)[C@@H]1Cc1ccccc1. The minimum Gasteiger partial charge on any atom is -0.507 e. The molecule has 0 spiro atoms. The monoisotopic (exact) mass is 483 g/mol. The number of nitrogens with one attached hydrogen (secondary N) is 1. The number of hydrogen-bond donors (Lipinski definition) is 2. The van der Waals surface area contributed by atoms with Crippen molar-refractivity contribution < 1.29 is 38.5 Å². The van der Waals surface area contributed by atoms with Gasteiger partial charge in [0.15, 0.2) is 12.1 Å². The smallest absolute Gasteiger partial charge is 0.332 e. The lowest BCUT2D eigenvalue weighted by molar-refractivity contribution is -0.176. The van der Waals surface area contributed by atoms with Gasteiger partial charge < -0.3 is 24.6 Å². The van der Waals surface area contributed by atoms with E-state index in [2.05, 4.69) is 5.32 Å². The van der Waals surface area contributed by atoms with E-state index in [-0.39, 0.29) is 17.7 Å². The first-order valence-electron chi connectivity index (χ1n) is 11.4. The molecule has 3 rings (SSSR count). The van der Waals surface area contributed by atoms with E-state index in [0.29, 0.717) is 0 Å². The second-order valence-corrected chi connectivity index (χ2v) is 8.67. The summed E-state index contributed by atoms with van der Waals surface area (Å²) in [5.74, 6) is -4.53. The Hall–Kier alpha value is -3.88. The van der Waals surface area contributed by atoms with Crippen molar-refractivity contribution in [3.05, 3.63) is 65.7 Å². The molecule has 9 nitrogen and oxygen atoms in total. The molecule has 0 radical (unpaired) electrons. The van der Waals surface area contributed by atoms with Crippen LogP contribution in [0.25, 0.3) is 0 Å². The van der Waals surface area contributed by atoms with Gasteiger partial charge in [-0.05, 0) is 31.0 Å². The van der Waals surface area contributed by atoms with E-state index in [9.17, 15) is 24.3 Å². The minimum absolute atomic E-state index is 0.0507. The lowest BCUT2D eigenvalue weighted by Crippen LogP contribution is -2.46. The van der Waals surface area contributed by atoms with Crippen LogP contribution in [0.4, 0.5) is 0 Å². The normalized spacial score (nSPS) is 22.7. The maximum atomic E-state index is 13.2. The van der Waals surface area contributed by atoms with Crippen molar-refractivity contribution in [2.75, 3.05) is 6.61 Å². The number of rotatable bonds is 6. The van der Waals surface area contributed by atoms with E-state index in [1.165, 1.54) is 19.1 Å². The molecule has 0 saturated carbocycles. The molecule has 1 fully saturated rings. The molecule has 35 heavy (non-hydrogen) atoms. The Morgan fingerprint density at radius 2 is 1.71 bits per heavy atom. The van der Waals surface area contributed by atoms with Gasteiger partial charge in [0.2, 0.25) is 0 Å². The summed E-state index contributed by atoms with van der Waals surface area (Å²) in [5.41, 5.74) is 0.757. The van der Waals surface area contributed by atoms with Gasteiger partial charge in [-0.1, -0.05) is 56.3 Å². The summed E-state index contributed by atoms with van der Waals surface area (Å²) >= 11 is 0. The summed E-state index contributed by atoms with van der Waals surface area (Å²) < 4.78 is 16.6. The van der Waals surface area contributed by atoms with Crippen LogP contribution in [0.5, 0.6) is 5.75 Å². The number of carbonyl (C=O) groups is 4. The number of aromatic hydroxyl groups is 1. The summed E-state index contributed by atoms with van der Waals surface area (Å²) in [5, 5.41) is 12.4. The first-order valence-corrected chi connectivity index (χ1v) is 11.4. The molecule has 1 aliphatic rings. The molecule has 0 aromatic heterocycles. The zero-order valence-corrected chi connectivity index (χ0v) is 19.8.